The standard InChI is InChI=1S/C33H40ClFN8O3/c1-17-9-10-23-27(24(16-44)39-38-23)25(17)26-22(34)11-21-29(28(26)35)36-31(41-14-20(15-41)40(7)8)37-30(21)42-12-19(3)43(13-18(42)2)32(45)46-33(4,5)6/h9-11,16,18-20H,12-15H2,1-8H3,(H,38,39). The Morgan fingerprint density at radius 3 is 2.48 bits per heavy atom. The number of anilines is 2. The smallest absolute Gasteiger partial charge is 0.410 e. The number of aromatic nitrogens is 4. The molecule has 2 fully saturated rings. The molecule has 0 spiro atoms. The first-order valence-electron chi connectivity index (χ1n) is 15.5. The summed E-state index contributed by atoms with van der Waals surface area (Å²) in [5, 5.41) is 8.13. The summed E-state index contributed by atoms with van der Waals surface area (Å²) in [5.74, 6) is 0.378. The first-order chi connectivity index (χ1) is 21.7. The number of hydrogen-bond acceptors (Lipinski definition) is 9. The van der Waals surface area contributed by atoms with Gasteiger partial charge in [-0.1, -0.05) is 17.7 Å². The lowest BCUT2D eigenvalue weighted by Crippen LogP contribution is -2.59. The number of piperazine rings is 1. The number of fused-ring (bicyclic) bond motifs is 2. The fourth-order valence-electron chi connectivity index (χ4n) is 6.35. The Labute approximate surface area is 272 Å². The molecule has 2 aliphatic rings. The molecule has 1 N–H and O–H groups in total. The van der Waals surface area contributed by atoms with E-state index in [4.69, 9.17) is 26.3 Å². The summed E-state index contributed by atoms with van der Waals surface area (Å²) >= 11 is 6.96. The van der Waals surface area contributed by atoms with Crippen LogP contribution in [0.2, 0.25) is 5.02 Å². The van der Waals surface area contributed by atoms with Gasteiger partial charge in [0.2, 0.25) is 5.95 Å². The third-order valence-corrected chi connectivity index (χ3v) is 9.24. The Hall–Kier alpha value is -4.03. The fourth-order valence-corrected chi connectivity index (χ4v) is 6.63. The van der Waals surface area contributed by atoms with Crippen molar-refractivity contribution < 1.29 is 18.7 Å². The van der Waals surface area contributed by atoms with Gasteiger partial charge in [0.05, 0.1) is 10.5 Å². The average Bonchev–Trinajstić information content (AvgIpc) is 3.36. The highest BCUT2D eigenvalue weighted by Gasteiger charge is 2.38. The molecule has 2 aromatic carbocycles. The minimum absolute atomic E-state index is 0.134. The van der Waals surface area contributed by atoms with E-state index in [1.165, 1.54) is 0 Å². The molecule has 0 saturated carbocycles. The predicted octanol–water partition coefficient (Wildman–Crippen LogP) is 5.67. The molecule has 6 rings (SSSR count). The van der Waals surface area contributed by atoms with Crippen LogP contribution in [0.3, 0.4) is 0 Å². The lowest BCUT2D eigenvalue weighted by atomic mass is 9.94. The van der Waals surface area contributed by atoms with E-state index in [2.05, 4.69) is 20.0 Å². The van der Waals surface area contributed by atoms with E-state index < -0.39 is 11.4 Å². The van der Waals surface area contributed by atoms with Gasteiger partial charge in [-0.05, 0) is 73.3 Å². The van der Waals surface area contributed by atoms with Crippen molar-refractivity contribution in [2.75, 3.05) is 50.1 Å². The molecule has 2 atom stereocenters. The lowest BCUT2D eigenvalue weighted by Gasteiger charge is -2.46. The number of ether oxygens (including phenoxy) is 1. The number of aryl methyl sites for hydroxylation is 1. The number of aldehydes is 1. The number of aromatic amines is 1. The van der Waals surface area contributed by atoms with E-state index in [9.17, 15) is 9.59 Å². The molecule has 1 amide bonds. The van der Waals surface area contributed by atoms with Gasteiger partial charge in [0.25, 0.3) is 0 Å². The number of likely N-dealkylation sites (N-methyl/N-ethyl adjacent to an activating group) is 1. The number of carbonyl (C=O) groups is 2. The largest absolute Gasteiger partial charge is 0.444 e. The van der Waals surface area contributed by atoms with Crippen LogP contribution in [0.5, 0.6) is 0 Å². The number of halogens is 2. The van der Waals surface area contributed by atoms with Gasteiger partial charge < -0.3 is 24.3 Å². The van der Waals surface area contributed by atoms with Gasteiger partial charge in [-0.15, -0.1) is 0 Å². The molecule has 244 valence electrons. The van der Waals surface area contributed by atoms with Gasteiger partial charge >= 0.3 is 6.09 Å². The normalized spacial score (nSPS) is 19.3. The van der Waals surface area contributed by atoms with Gasteiger partial charge in [-0.2, -0.15) is 10.1 Å². The van der Waals surface area contributed by atoms with Gasteiger partial charge in [0, 0.05) is 66.2 Å². The first-order valence-corrected chi connectivity index (χ1v) is 15.9. The van der Waals surface area contributed by atoms with Gasteiger partial charge in [-0.3, -0.25) is 9.89 Å². The summed E-state index contributed by atoms with van der Waals surface area (Å²) in [6, 6.07) is 5.28. The first kappa shape index (κ1) is 31.9. The van der Waals surface area contributed by atoms with E-state index in [0.717, 1.165) is 5.56 Å². The van der Waals surface area contributed by atoms with Crippen LogP contribution in [0.4, 0.5) is 21.0 Å². The van der Waals surface area contributed by atoms with Crippen LogP contribution in [0, 0.1) is 12.7 Å². The maximum absolute atomic E-state index is 17.1. The summed E-state index contributed by atoms with van der Waals surface area (Å²) in [4.78, 5) is 42.9. The topological polar surface area (TPSA) is 111 Å². The maximum Gasteiger partial charge on any atom is 0.410 e. The Kier molecular flexibility index (Phi) is 8.08. The molecule has 4 heterocycles. The van der Waals surface area contributed by atoms with Crippen LogP contribution in [-0.2, 0) is 4.74 Å². The summed E-state index contributed by atoms with van der Waals surface area (Å²) in [6.45, 7) is 13.6. The third kappa shape index (κ3) is 5.51. The third-order valence-electron chi connectivity index (χ3n) is 8.94. The van der Waals surface area contributed by atoms with Crippen LogP contribution >= 0.6 is 11.6 Å². The summed E-state index contributed by atoms with van der Waals surface area (Å²) in [6.07, 6.45) is 0.306. The number of H-pyrrole nitrogens is 1. The van der Waals surface area contributed by atoms with Crippen molar-refractivity contribution in [3.05, 3.63) is 40.3 Å². The molecule has 11 nitrogen and oxygen atoms in total. The average molecular weight is 651 g/mol. The monoisotopic (exact) mass is 650 g/mol. The lowest BCUT2D eigenvalue weighted by molar-refractivity contribution is 0.0130. The number of hydrogen-bond donors (Lipinski definition) is 1. The van der Waals surface area contributed by atoms with E-state index >= 15 is 4.39 Å². The maximum atomic E-state index is 17.1. The minimum atomic E-state index is -0.617. The molecular weight excluding hydrogens is 611 g/mol. The summed E-state index contributed by atoms with van der Waals surface area (Å²) in [5.41, 5.74) is 1.68. The molecule has 2 aromatic heterocycles. The Morgan fingerprint density at radius 2 is 1.83 bits per heavy atom. The second-order valence-corrected chi connectivity index (χ2v) is 14.1. The van der Waals surface area contributed by atoms with Crippen molar-refractivity contribution in [3.63, 3.8) is 0 Å². The minimum Gasteiger partial charge on any atom is -0.444 e. The molecular formula is C33H40ClFN8O3. The van der Waals surface area contributed by atoms with Gasteiger partial charge in [-0.25, -0.2) is 14.2 Å². The van der Waals surface area contributed by atoms with Crippen molar-refractivity contribution in [1.82, 2.24) is 30.0 Å². The summed E-state index contributed by atoms with van der Waals surface area (Å²) in [7, 11) is 4.06. The number of benzene rings is 2. The Bertz CT molecular complexity index is 1850. The summed E-state index contributed by atoms with van der Waals surface area (Å²) < 4.78 is 22.8. The number of nitrogens with one attached hydrogen (secondary N) is 1. The van der Waals surface area contributed by atoms with Crippen LogP contribution in [0.25, 0.3) is 32.9 Å². The van der Waals surface area contributed by atoms with Crippen molar-refractivity contribution >= 4 is 57.6 Å². The van der Waals surface area contributed by atoms with Crippen LogP contribution in [0.1, 0.15) is 50.7 Å². The van der Waals surface area contributed by atoms with Gasteiger partial charge in [0.15, 0.2) is 12.1 Å². The highest BCUT2D eigenvalue weighted by molar-refractivity contribution is 6.35. The van der Waals surface area contributed by atoms with Gasteiger partial charge in [0.1, 0.15) is 22.6 Å². The molecule has 2 unspecified atom stereocenters. The zero-order valence-electron chi connectivity index (χ0n) is 27.5. The number of rotatable bonds is 5. The Morgan fingerprint density at radius 1 is 1.11 bits per heavy atom. The van der Waals surface area contributed by atoms with Crippen molar-refractivity contribution in [2.24, 2.45) is 0 Å². The van der Waals surface area contributed by atoms with E-state index in [1.54, 1.807) is 17.0 Å². The number of amides is 1. The molecule has 2 saturated heterocycles. The molecule has 0 aliphatic carbocycles. The van der Waals surface area contributed by atoms with Crippen molar-refractivity contribution in [3.8, 4) is 11.1 Å². The molecule has 4 aromatic rings. The zero-order valence-corrected chi connectivity index (χ0v) is 28.2. The van der Waals surface area contributed by atoms with Crippen LogP contribution in [-0.4, -0.2) is 106 Å². The molecule has 13 heteroatoms. The highest BCUT2D eigenvalue weighted by Crippen LogP contribution is 2.43. The second-order valence-electron chi connectivity index (χ2n) is 13.7. The molecule has 0 radical (unpaired) electrons. The number of carbonyl (C=O) groups excluding carboxylic acids is 2. The molecule has 2 aliphatic heterocycles. The zero-order chi connectivity index (χ0) is 33.2. The van der Waals surface area contributed by atoms with E-state index in [0.29, 0.717) is 72.1 Å². The quantitative estimate of drug-likeness (QED) is 0.273. The predicted molar refractivity (Wildman–Crippen MR) is 179 cm³/mol. The van der Waals surface area contributed by atoms with Crippen molar-refractivity contribution in [2.45, 2.75) is 65.3 Å². The van der Waals surface area contributed by atoms with Crippen molar-refractivity contribution in [1.29, 1.82) is 0 Å². The molecule has 0 bridgehead atoms. The number of nitrogens with zero attached hydrogens (tertiary/aromatic N) is 7. The van der Waals surface area contributed by atoms with Crippen LogP contribution < -0.4 is 9.80 Å². The van der Waals surface area contributed by atoms with Crippen LogP contribution in [0.15, 0.2) is 18.2 Å². The van der Waals surface area contributed by atoms with E-state index in [-0.39, 0.29) is 40.0 Å². The van der Waals surface area contributed by atoms with E-state index in [1.807, 2.05) is 66.6 Å². The fraction of sp³-hybridized carbons (Fsp3) is 0.485. The molecule has 46 heavy (non-hydrogen) atoms. The second kappa shape index (κ2) is 11.6. The SMILES string of the molecule is Cc1ccc2n[nH]c(C=O)c2c1-c1c(Cl)cc2c(N3CC(C)N(C(=O)OC(C)(C)C)CC3C)nc(N3CC(N(C)C)C3)nc2c1F. The Balaban J connectivity index is 1.51. The highest BCUT2D eigenvalue weighted by atomic mass is 35.5.